The molecule has 2 amide bonds. The Morgan fingerprint density at radius 3 is 2.57 bits per heavy atom. The van der Waals surface area contributed by atoms with Gasteiger partial charge in [0.2, 0.25) is 5.91 Å². The minimum absolute atomic E-state index is 0.0291. The van der Waals surface area contributed by atoms with Gasteiger partial charge in [-0.05, 0) is 61.2 Å². The highest BCUT2D eigenvalue weighted by atomic mass is 16.5. The number of nitrogens with one attached hydrogen (secondary N) is 1. The third-order valence-corrected chi connectivity index (χ3v) is 4.97. The molecular weight excluding hydrogens is 356 g/mol. The number of hydrogen-bond donors (Lipinski definition) is 1. The van der Waals surface area contributed by atoms with Gasteiger partial charge in [0.15, 0.2) is 11.5 Å². The Hall–Kier alpha value is -3.02. The minimum Gasteiger partial charge on any atom is -0.493 e. The molecule has 2 aromatic rings. The molecular formula is C22H26N2O4. The first-order valence-corrected chi connectivity index (χ1v) is 9.48. The molecule has 1 aliphatic rings. The van der Waals surface area contributed by atoms with Crippen molar-refractivity contribution in [3.8, 4) is 11.5 Å². The van der Waals surface area contributed by atoms with E-state index in [1.165, 1.54) is 0 Å². The van der Waals surface area contributed by atoms with Crippen molar-refractivity contribution >= 4 is 17.5 Å². The van der Waals surface area contributed by atoms with E-state index in [4.69, 9.17) is 9.47 Å². The molecule has 0 saturated carbocycles. The molecule has 6 nitrogen and oxygen atoms in total. The second-order valence-electron chi connectivity index (χ2n) is 6.78. The highest BCUT2D eigenvalue weighted by Crippen LogP contribution is 2.28. The van der Waals surface area contributed by atoms with Gasteiger partial charge in [0, 0.05) is 30.8 Å². The van der Waals surface area contributed by atoms with Crippen molar-refractivity contribution in [2.75, 3.05) is 26.1 Å². The Morgan fingerprint density at radius 2 is 1.86 bits per heavy atom. The number of benzene rings is 2. The average Bonchev–Trinajstić information content (AvgIpc) is 2.91. The van der Waals surface area contributed by atoms with Crippen molar-refractivity contribution in [2.24, 2.45) is 0 Å². The second-order valence-corrected chi connectivity index (χ2v) is 6.78. The maximum Gasteiger partial charge on any atom is 0.254 e. The summed E-state index contributed by atoms with van der Waals surface area (Å²) in [5.41, 5.74) is 3.42. The molecule has 0 aliphatic carbocycles. The van der Waals surface area contributed by atoms with Crippen LogP contribution in [-0.2, 0) is 17.8 Å². The number of amides is 2. The molecule has 0 unspecified atom stereocenters. The van der Waals surface area contributed by atoms with E-state index < -0.39 is 0 Å². The van der Waals surface area contributed by atoms with Gasteiger partial charge in [-0.25, -0.2) is 0 Å². The molecule has 0 fully saturated rings. The molecule has 148 valence electrons. The van der Waals surface area contributed by atoms with Crippen LogP contribution in [0, 0.1) is 0 Å². The maximum atomic E-state index is 13.1. The van der Waals surface area contributed by atoms with Gasteiger partial charge < -0.3 is 19.7 Å². The number of carbonyl (C=O) groups excluding carboxylic acids is 2. The van der Waals surface area contributed by atoms with Crippen molar-refractivity contribution < 1.29 is 19.1 Å². The van der Waals surface area contributed by atoms with Gasteiger partial charge in [0.1, 0.15) is 0 Å². The van der Waals surface area contributed by atoms with E-state index in [-0.39, 0.29) is 11.8 Å². The van der Waals surface area contributed by atoms with E-state index in [2.05, 4.69) is 5.32 Å². The molecule has 2 aromatic carbocycles. The summed E-state index contributed by atoms with van der Waals surface area (Å²) >= 11 is 0. The first kappa shape index (κ1) is 19.7. The molecule has 0 bridgehead atoms. The van der Waals surface area contributed by atoms with Crippen LogP contribution >= 0.6 is 0 Å². The Labute approximate surface area is 165 Å². The fraction of sp³-hybridized carbons (Fsp3) is 0.364. The number of ether oxygens (including phenoxy) is 2. The lowest BCUT2D eigenvalue weighted by atomic mass is 10.0. The predicted octanol–water partition coefficient (Wildman–Crippen LogP) is 3.64. The number of carbonyl (C=O) groups is 2. The normalized spacial score (nSPS) is 13.2. The van der Waals surface area contributed by atoms with E-state index in [0.29, 0.717) is 36.6 Å². The maximum absolute atomic E-state index is 13.1. The summed E-state index contributed by atoms with van der Waals surface area (Å²) in [5.74, 6) is 1.30. The zero-order chi connectivity index (χ0) is 20.1. The largest absolute Gasteiger partial charge is 0.493 e. The molecule has 0 atom stereocenters. The number of hydrogen-bond acceptors (Lipinski definition) is 4. The van der Waals surface area contributed by atoms with E-state index >= 15 is 0 Å². The molecule has 1 N–H and O–H groups in total. The van der Waals surface area contributed by atoms with Crippen molar-refractivity contribution in [2.45, 2.75) is 32.7 Å². The number of anilines is 1. The second kappa shape index (κ2) is 8.78. The van der Waals surface area contributed by atoms with Crippen LogP contribution in [-0.4, -0.2) is 37.5 Å². The topological polar surface area (TPSA) is 67.9 Å². The van der Waals surface area contributed by atoms with Crippen LogP contribution in [0.5, 0.6) is 11.5 Å². The highest BCUT2D eigenvalue weighted by molar-refractivity contribution is 5.97. The monoisotopic (exact) mass is 382 g/mol. The summed E-state index contributed by atoms with van der Waals surface area (Å²) in [6.07, 6.45) is 2.09. The Balaban J connectivity index is 1.80. The van der Waals surface area contributed by atoms with E-state index in [1.54, 1.807) is 25.2 Å². The lowest BCUT2D eigenvalue weighted by Gasteiger charge is -2.22. The van der Waals surface area contributed by atoms with Crippen LogP contribution in [0.3, 0.4) is 0 Å². The van der Waals surface area contributed by atoms with Gasteiger partial charge in [0.25, 0.3) is 5.91 Å². The number of rotatable bonds is 6. The van der Waals surface area contributed by atoms with Gasteiger partial charge in [-0.3, -0.25) is 9.59 Å². The highest BCUT2D eigenvalue weighted by Gasteiger charge is 2.19. The third kappa shape index (κ3) is 4.27. The van der Waals surface area contributed by atoms with Crippen LogP contribution in [0.2, 0.25) is 0 Å². The molecule has 28 heavy (non-hydrogen) atoms. The van der Waals surface area contributed by atoms with E-state index in [9.17, 15) is 9.59 Å². The Kier molecular flexibility index (Phi) is 6.19. The Morgan fingerprint density at radius 1 is 1.07 bits per heavy atom. The fourth-order valence-corrected chi connectivity index (χ4v) is 3.42. The van der Waals surface area contributed by atoms with Gasteiger partial charge >= 0.3 is 0 Å². The van der Waals surface area contributed by atoms with Gasteiger partial charge in [-0.15, -0.1) is 0 Å². The predicted molar refractivity (Wildman–Crippen MR) is 108 cm³/mol. The fourth-order valence-electron chi connectivity index (χ4n) is 3.42. The first-order valence-electron chi connectivity index (χ1n) is 9.48. The van der Waals surface area contributed by atoms with Crippen LogP contribution in [0.1, 0.15) is 41.3 Å². The van der Waals surface area contributed by atoms with E-state index in [1.807, 2.05) is 37.3 Å². The number of nitrogens with zero attached hydrogens (tertiary/aromatic N) is 1. The quantitative estimate of drug-likeness (QED) is 0.828. The van der Waals surface area contributed by atoms with Crippen molar-refractivity contribution in [3.05, 3.63) is 53.1 Å². The molecule has 1 aliphatic heterocycles. The molecule has 6 heteroatoms. The number of aryl methyl sites for hydroxylation is 1. The molecule has 0 spiro atoms. The lowest BCUT2D eigenvalue weighted by Crippen LogP contribution is -2.30. The molecule has 0 radical (unpaired) electrons. The van der Waals surface area contributed by atoms with E-state index in [0.717, 1.165) is 29.7 Å². The van der Waals surface area contributed by atoms with Crippen LogP contribution in [0.4, 0.5) is 5.69 Å². The summed E-state index contributed by atoms with van der Waals surface area (Å²) in [4.78, 5) is 26.6. The molecule has 1 heterocycles. The summed E-state index contributed by atoms with van der Waals surface area (Å²) in [6, 6.07) is 11.2. The standard InChI is InChI=1S/C22H26N2O4/c1-4-24(14-15-8-11-19(27-2)20(12-15)28-3)22(26)17-9-10-18-16(13-17)6-5-7-21(25)23-18/h8-13H,4-7,14H2,1-3H3,(H,23,25). The van der Waals surface area contributed by atoms with Crippen LogP contribution < -0.4 is 14.8 Å². The van der Waals surface area contributed by atoms with Gasteiger partial charge in [-0.1, -0.05) is 6.07 Å². The molecule has 3 rings (SSSR count). The minimum atomic E-state index is -0.0318. The smallest absolute Gasteiger partial charge is 0.254 e. The van der Waals surface area contributed by atoms with Crippen molar-refractivity contribution in [1.29, 1.82) is 0 Å². The SMILES string of the molecule is CCN(Cc1ccc(OC)c(OC)c1)C(=O)c1ccc2c(c1)CCCC(=O)N2. The number of methoxy groups -OCH3 is 2. The third-order valence-electron chi connectivity index (χ3n) is 4.97. The van der Waals surface area contributed by atoms with Gasteiger partial charge in [-0.2, -0.15) is 0 Å². The van der Waals surface area contributed by atoms with Gasteiger partial charge in [0.05, 0.1) is 14.2 Å². The average molecular weight is 382 g/mol. The van der Waals surface area contributed by atoms with Crippen molar-refractivity contribution in [3.63, 3.8) is 0 Å². The summed E-state index contributed by atoms with van der Waals surface area (Å²) < 4.78 is 10.6. The number of fused-ring (bicyclic) bond motifs is 1. The van der Waals surface area contributed by atoms with Crippen molar-refractivity contribution in [1.82, 2.24) is 4.90 Å². The van der Waals surface area contributed by atoms with Crippen LogP contribution in [0.25, 0.3) is 0 Å². The molecule has 0 aromatic heterocycles. The lowest BCUT2D eigenvalue weighted by molar-refractivity contribution is -0.116. The first-order chi connectivity index (χ1) is 13.5. The van der Waals surface area contributed by atoms with Crippen LogP contribution in [0.15, 0.2) is 36.4 Å². The zero-order valence-electron chi connectivity index (χ0n) is 16.6. The summed E-state index contributed by atoms with van der Waals surface area (Å²) in [6.45, 7) is 3.02. The zero-order valence-corrected chi connectivity index (χ0v) is 16.6. The molecule has 0 saturated heterocycles. The summed E-state index contributed by atoms with van der Waals surface area (Å²) in [5, 5.41) is 2.91. The summed E-state index contributed by atoms with van der Waals surface area (Å²) in [7, 11) is 3.19. The Bertz CT molecular complexity index is 879.